The zero-order valence-electron chi connectivity index (χ0n) is 16.8. The lowest BCUT2D eigenvalue weighted by Crippen LogP contribution is -2.38. The molecule has 146 valence electrons. The van der Waals surface area contributed by atoms with E-state index in [9.17, 15) is 4.79 Å². The minimum atomic E-state index is -0.203. The summed E-state index contributed by atoms with van der Waals surface area (Å²) in [5.74, 6) is 1.21. The normalized spacial score (nSPS) is 13.0. The molecule has 0 saturated heterocycles. The summed E-state index contributed by atoms with van der Waals surface area (Å²) < 4.78 is 0. The molecule has 2 amide bonds. The molecule has 0 radical (unpaired) electrons. The number of amides is 2. The van der Waals surface area contributed by atoms with Crippen molar-refractivity contribution in [3.63, 3.8) is 0 Å². The van der Waals surface area contributed by atoms with Crippen molar-refractivity contribution < 1.29 is 4.79 Å². The van der Waals surface area contributed by atoms with Crippen LogP contribution in [-0.4, -0.2) is 24.1 Å². The SMILES string of the molecule is CC(C)CCCC(C)NC(N)=NCc1ccc(NC(=O)NC(C)C)cc1. The Morgan fingerprint density at radius 3 is 2.27 bits per heavy atom. The number of carbonyl (C=O) groups excluding carboxylic acids is 1. The topological polar surface area (TPSA) is 91.5 Å². The van der Waals surface area contributed by atoms with Crippen molar-refractivity contribution in [3.8, 4) is 0 Å². The van der Waals surface area contributed by atoms with Crippen LogP contribution in [0.4, 0.5) is 10.5 Å². The van der Waals surface area contributed by atoms with Gasteiger partial charge in [0.05, 0.1) is 6.54 Å². The highest BCUT2D eigenvalue weighted by Crippen LogP contribution is 2.11. The molecule has 26 heavy (non-hydrogen) atoms. The maximum absolute atomic E-state index is 11.7. The molecule has 1 aromatic rings. The van der Waals surface area contributed by atoms with Gasteiger partial charge in [-0.2, -0.15) is 0 Å². The van der Waals surface area contributed by atoms with E-state index in [1.165, 1.54) is 12.8 Å². The Morgan fingerprint density at radius 2 is 1.69 bits per heavy atom. The van der Waals surface area contributed by atoms with Crippen LogP contribution in [0.25, 0.3) is 0 Å². The molecule has 0 aliphatic rings. The number of hydrogen-bond acceptors (Lipinski definition) is 2. The minimum Gasteiger partial charge on any atom is -0.370 e. The number of rotatable bonds is 9. The van der Waals surface area contributed by atoms with Crippen LogP contribution in [0.2, 0.25) is 0 Å². The van der Waals surface area contributed by atoms with Gasteiger partial charge in [0.1, 0.15) is 0 Å². The van der Waals surface area contributed by atoms with Gasteiger partial charge in [0.2, 0.25) is 0 Å². The van der Waals surface area contributed by atoms with E-state index < -0.39 is 0 Å². The first kappa shape index (κ1) is 21.8. The van der Waals surface area contributed by atoms with E-state index in [4.69, 9.17) is 5.73 Å². The fourth-order valence-corrected chi connectivity index (χ4v) is 2.50. The van der Waals surface area contributed by atoms with Gasteiger partial charge in [-0.1, -0.05) is 38.8 Å². The number of carbonyl (C=O) groups is 1. The Kier molecular flexibility index (Phi) is 9.55. The molecule has 0 spiro atoms. The van der Waals surface area contributed by atoms with Crippen LogP contribution in [0, 0.1) is 5.92 Å². The number of urea groups is 1. The molecule has 1 unspecified atom stereocenters. The third-order valence-corrected chi connectivity index (χ3v) is 3.88. The highest BCUT2D eigenvalue weighted by atomic mass is 16.2. The highest BCUT2D eigenvalue weighted by Gasteiger charge is 2.05. The summed E-state index contributed by atoms with van der Waals surface area (Å²) >= 11 is 0. The maximum Gasteiger partial charge on any atom is 0.319 e. The fourth-order valence-electron chi connectivity index (χ4n) is 2.50. The third-order valence-electron chi connectivity index (χ3n) is 3.88. The number of guanidine groups is 1. The lowest BCUT2D eigenvalue weighted by atomic mass is 10.0. The molecule has 6 nitrogen and oxygen atoms in total. The van der Waals surface area contributed by atoms with E-state index in [2.05, 4.69) is 41.7 Å². The molecule has 0 saturated carbocycles. The average Bonchev–Trinajstić information content (AvgIpc) is 2.53. The van der Waals surface area contributed by atoms with Crippen molar-refractivity contribution in [2.45, 2.75) is 72.5 Å². The van der Waals surface area contributed by atoms with Crippen LogP contribution in [0.15, 0.2) is 29.3 Å². The summed E-state index contributed by atoms with van der Waals surface area (Å²) in [5.41, 5.74) is 7.76. The van der Waals surface area contributed by atoms with Crippen LogP contribution in [-0.2, 0) is 6.54 Å². The Morgan fingerprint density at radius 1 is 1.04 bits per heavy atom. The molecule has 0 aliphatic carbocycles. The summed E-state index contributed by atoms with van der Waals surface area (Å²) in [5, 5.41) is 8.83. The molecule has 0 heterocycles. The monoisotopic (exact) mass is 361 g/mol. The first-order valence-corrected chi connectivity index (χ1v) is 9.49. The van der Waals surface area contributed by atoms with Gasteiger partial charge in [-0.25, -0.2) is 9.79 Å². The number of aliphatic imine (C=N–C) groups is 1. The second kappa shape index (κ2) is 11.4. The van der Waals surface area contributed by atoms with Crippen LogP contribution in [0.3, 0.4) is 0 Å². The van der Waals surface area contributed by atoms with Gasteiger partial charge < -0.3 is 21.7 Å². The first-order valence-electron chi connectivity index (χ1n) is 9.49. The van der Waals surface area contributed by atoms with E-state index in [-0.39, 0.29) is 12.1 Å². The molecule has 0 aliphatic heterocycles. The quantitative estimate of drug-likeness (QED) is 0.398. The largest absolute Gasteiger partial charge is 0.370 e. The molecular weight excluding hydrogens is 326 g/mol. The van der Waals surface area contributed by atoms with Crippen molar-refractivity contribution in [1.82, 2.24) is 10.6 Å². The zero-order chi connectivity index (χ0) is 19.5. The van der Waals surface area contributed by atoms with Crippen molar-refractivity contribution in [2.24, 2.45) is 16.6 Å². The van der Waals surface area contributed by atoms with E-state index in [1.807, 2.05) is 38.1 Å². The van der Waals surface area contributed by atoms with Gasteiger partial charge in [-0.05, 0) is 50.8 Å². The van der Waals surface area contributed by atoms with Gasteiger partial charge in [0.25, 0.3) is 0 Å². The van der Waals surface area contributed by atoms with Gasteiger partial charge in [-0.3, -0.25) is 0 Å². The first-order chi connectivity index (χ1) is 12.3. The van der Waals surface area contributed by atoms with Crippen molar-refractivity contribution in [2.75, 3.05) is 5.32 Å². The second-order valence-electron chi connectivity index (χ2n) is 7.52. The molecular formula is C20H35N5O. The Hall–Kier alpha value is -2.24. The maximum atomic E-state index is 11.7. The van der Waals surface area contributed by atoms with Crippen LogP contribution in [0.5, 0.6) is 0 Å². The molecule has 0 bridgehead atoms. The molecule has 1 rings (SSSR count). The molecule has 1 atom stereocenters. The van der Waals surface area contributed by atoms with Gasteiger partial charge in [0, 0.05) is 17.8 Å². The number of nitrogens with zero attached hydrogens (tertiary/aromatic N) is 1. The Bertz CT molecular complexity index is 566. The summed E-state index contributed by atoms with van der Waals surface area (Å²) in [7, 11) is 0. The van der Waals surface area contributed by atoms with Gasteiger partial charge in [-0.15, -0.1) is 0 Å². The van der Waals surface area contributed by atoms with E-state index in [0.717, 1.165) is 23.6 Å². The van der Waals surface area contributed by atoms with E-state index in [0.29, 0.717) is 18.5 Å². The highest BCUT2D eigenvalue weighted by molar-refractivity contribution is 5.89. The fraction of sp³-hybridized carbons (Fsp3) is 0.600. The summed E-state index contributed by atoms with van der Waals surface area (Å²) in [6, 6.07) is 7.83. The Labute approximate surface area is 158 Å². The number of hydrogen-bond donors (Lipinski definition) is 4. The van der Waals surface area contributed by atoms with Crippen molar-refractivity contribution in [3.05, 3.63) is 29.8 Å². The predicted molar refractivity (Wildman–Crippen MR) is 110 cm³/mol. The van der Waals surface area contributed by atoms with Gasteiger partial charge >= 0.3 is 6.03 Å². The molecule has 1 aromatic carbocycles. The molecule has 0 fully saturated rings. The third kappa shape index (κ3) is 9.91. The van der Waals surface area contributed by atoms with E-state index >= 15 is 0 Å². The zero-order valence-corrected chi connectivity index (χ0v) is 16.8. The van der Waals surface area contributed by atoms with Crippen LogP contribution in [0.1, 0.15) is 59.4 Å². The van der Waals surface area contributed by atoms with Crippen molar-refractivity contribution >= 4 is 17.7 Å². The number of benzene rings is 1. The summed E-state index contributed by atoms with van der Waals surface area (Å²) in [6.45, 7) is 11.0. The summed E-state index contributed by atoms with van der Waals surface area (Å²) in [4.78, 5) is 16.1. The predicted octanol–water partition coefficient (Wildman–Crippen LogP) is 3.84. The smallest absolute Gasteiger partial charge is 0.319 e. The van der Waals surface area contributed by atoms with Crippen LogP contribution >= 0.6 is 0 Å². The number of anilines is 1. The minimum absolute atomic E-state index is 0.104. The Balaban J connectivity index is 2.41. The number of nitrogens with two attached hydrogens (primary N) is 1. The van der Waals surface area contributed by atoms with E-state index in [1.54, 1.807) is 0 Å². The lowest BCUT2D eigenvalue weighted by molar-refractivity contribution is 0.250. The van der Waals surface area contributed by atoms with Crippen molar-refractivity contribution in [1.29, 1.82) is 0 Å². The molecule has 5 N–H and O–H groups in total. The average molecular weight is 362 g/mol. The van der Waals surface area contributed by atoms with Crippen LogP contribution < -0.4 is 21.7 Å². The number of nitrogens with one attached hydrogen (secondary N) is 3. The molecule has 0 aromatic heterocycles. The standard InChI is InChI=1S/C20H35N5O/c1-14(2)7-6-8-16(5)24-19(21)22-13-17-9-11-18(12-10-17)25-20(26)23-15(3)4/h9-12,14-16H,6-8,13H2,1-5H3,(H3,21,22,24)(H2,23,25,26). The summed E-state index contributed by atoms with van der Waals surface area (Å²) in [6.07, 6.45) is 3.52. The lowest BCUT2D eigenvalue weighted by Gasteiger charge is -2.15. The second-order valence-corrected chi connectivity index (χ2v) is 7.52. The van der Waals surface area contributed by atoms with Gasteiger partial charge in [0.15, 0.2) is 5.96 Å². The molecule has 6 heteroatoms.